The highest BCUT2D eigenvalue weighted by Gasteiger charge is 2.42. The fourth-order valence-corrected chi connectivity index (χ4v) is 4.62. The molecule has 212 valence electrons. The van der Waals surface area contributed by atoms with E-state index in [9.17, 15) is 19.5 Å². The van der Waals surface area contributed by atoms with Gasteiger partial charge in [0.2, 0.25) is 11.8 Å². The summed E-state index contributed by atoms with van der Waals surface area (Å²) in [5.74, 6) is -0.493. The molecule has 3 rings (SSSR count). The van der Waals surface area contributed by atoms with E-state index in [-0.39, 0.29) is 36.1 Å². The molecule has 2 atom stereocenters. The molecular formula is C31H43N3O5. The molecule has 8 heteroatoms. The van der Waals surface area contributed by atoms with Crippen molar-refractivity contribution in [3.63, 3.8) is 0 Å². The molecule has 1 aliphatic carbocycles. The van der Waals surface area contributed by atoms with Gasteiger partial charge in [-0.2, -0.15) is 0 Å². The van der Waals surface area contributed by atoms with Crippen LogP contribution in [0.5, 0.6) is 5.75 Å². The van der Waals surface area contributed by atoms with Crippen LogP contribution in [0.3, 0.4) is 0 Å². The normalized spacial score (nSPS) is 15.2. The number of aryl methyl sites for hydroxylation is 2. The maximum atomic E-state index is 14.4. The van der Waals surface area contributed by atoms with E-state index in [1.54, 1.807) is 49.9 Å². The fraction of sp³-hybridized carbons (Fsp3) is 0.516. The number of alkyl carbamates (subject to hydrolysis) is 1. The maximum absolute atomic E-state index is 14.4. The van der Waals surface area contributed by atoms with Gasteiger partial charge < -0.3 is 25.4 Å². The monoisotopic (exact) mass is 537 g/mol. The summed E-state index contributed by atoms with van der Waals surface area (Å²) in [6.45, 7) is 13.1. The summed E-state index contributed by atoms with van der Waals surface area (Å²) in [4.78, 5) is 42.7. The Morgan fingerprint density at radius 3 is 2.15 bits per heavy atom. The fourth-order valence-electron chi connectivity index (χ4n) is 4.62. The molecule has 1 fully saturated rings. The molecule has 1 saturated carbocycles. The number of phenolic OH excluding ortho intramolecular Hbond substituents is 1. The predicted octanol–water partition coefficient (Wildman–Crippen LogP) is 5.09. The van der Waals surface area contributed by atoms with Gasteiger partial charge in [-0.05, 0) is 102 Å². The number of carbonyl (C=O) groups is 3. The van der Waals surface area contributed by atoms with Crippen molar-refractivity contribution in [1.29, 1.82) is 0 Å². The molecule has 0 spiro atoms. The van der Waals surface area contributed by atoms with E-state index in [0.29, 0.717) is 0 Å². The third-order valence-electron chi connectivity index (χ3n) is 6.89. The van der Waals surface area contributed by atoms with Gasteiger partial charge in [0.15, 0.2) is 0 Å². The zero-order chi connectivity index (χ0) is 28.9. The highest BCUT2D eigenvalue weighted by molar-refractivity contribution is 5.92. The van der Waals surface area contributed by atoms with E-state index in [1.165, 1.54) is 0 Å². The van der Waals surface area contributed by atoms with Crippen molar-refractivity contribution >= 4 is 17.9 Å². The van der Waals surface area contributed by atoms with Crippen LogP contribution in [0.4, 0.5) is 4.79 Å². The molecule has 2 unspecified atom stereocenters. The second kappa shape index (κ2) is 12.5. The van der Waals surface area contributed by atoms with Crippen molar-refractivity contribution in [2.75, 3.05) is 0 Å². The Kier molecular flexibility index (Phi) is 9.64. The van der Waals surface area contributed by atoms with Gasteiger partial charge in [0, 0.05) is 18.5 Å². The highest BCUT2D eigenvalue weighted by Crippen LogP contribution is 2.34. The largest absolute Gasteiger partial charge is 0.508 e. The first-order valence-electron chi connectivity index (χ1n) is 13.7. The van der Waals surface area contributed by atoms with Crippen LogP contribution < -0.4 is 10.6 Å². The van der Waals surface area contributed by atoms with Gasteiger partial charge in [-0.25, -0.2) is 4.79 Å². The van der Waals surface area contributed by atoms with Crippen LogP contribution in [-0.4, -0.2) is 51.6 Å². The average Bonchev–Trinajstić information content (AvgIpc) is 2.78. The van der Waals surface area contributed by atoms with Gasteiger partial charge in [0.25, 0.3) is 0 Å². The summed E-state index contributed by atoms with van der Waals surface area (Å²) in [6.07, 6.45) is 1.98. The average molecular weight is 538 g/mol. The Morgan fingerprint density at radius 1 is 1.00 bits per heavy atom. The number of hydrogen-bond donors (Lipinski definition) is 3. The smallest absolute Gasteiger partial charge is 0.408 e. The van der Waals surface area contributed by atoms with Crippen molar-refractivity contribution < 1.29 is 24.2 Å². The van der Waals surface area contributed by atoms with Crippen molar-refractivity contribution in [1.82, 2.24) is 15.5 Å². The molecule has 3 N–H and O–H groups in total. The standard InChI is InChI=1S/C31H43N3O5/c1-19(2)32-28(36)27(23-14-11-20(3)21(4)17-23)34(24-9-8-10-24)29(37)26(33-30(38)39-31(5,6)7)18-22-12-15-25(35)16-13-22/h11-17,19,24,26-27,35H,8-10,18H2,1-7H3,(H,32,36)(H,33,38). The number of nitrogens with zero attached hydrogens (tertiary/aromatic N) is 1. The third-order valence-corrected chi connectivity index (χ3v) is 6.89. The van der Waals surface area contributed by atoms with Gasteiger partial charge in [-0.15, -0.1) is 0 Å². The van der Waals surface area contributed by atoms with E-state index in [4.69, 9.17) is 4.74 Å². The molecule has 1 aliphatic rings. The summed E-state index contributed by atoms with van der Waals surface area (Å²) in [5, 5.41) is 15.5. The molecule has 3 amide bonds. The van der Waals surface area contributed by atoms with Crippen LogP contribution in [-0.2, 0) is 20.7 Å². The number of nitrogens with one attached hydrogen (secondary N) is 2. The lowest BCUT2D eigenvalue weighted by atomic mass is 9.87. The third kappa shape index (κ3) is 8.22. The van der Waals surface area contributed by atoms with Crippen LogP contribution in [0.25, 0.3) is 0 Å². The highest BCUT2D eigenvalue weighted by atomic mass is 16.6. The minimum atomic E-state index is -0.981. The number of phenols is 1. The summed E-state index contributed by atoms with van der Waals surface area (Å²) >= 11 is 0. The topological polar surface area (TPSA) is 108 Å². The summed E-state index contributed by atoms with van der Waals surface area (Å²) < 4.78 is 5.49. The van der Waals surface area contributed by atoms with Crippen molar-refractivity contribution in [3.8, 4) is 5.75 Å². The Bertz CT molecular complexity index is 1170. The van der Waals surface area contributed by atoms with Gasteiger partial charge in [-0.3, -0.25) is 9.59 Å². The zero-order valence-electron chi connectivity index (χ0n) is 24.2. The lowest BCUT2D eigenvalue weighted by Gasteiger charge is -2.44. The molecule has 8 nitrogen and oxygen atoms in total. The molecule has 2 aromatic rings. The molecule has 0 radical (unpaired) electrons. The van der Waals surface area contributed by atoms with Crippen molar-refractivity contribution in [2.45, 2.75) is 104 Å². The van der Waals surface area contributed by atoms with E-state index in [1.807, 2.05) is 45.9 Å². The second-order valence-corrected chi connectivity index (χ2v) is 11.8. The minimum Gasteiger partial charge on any atom is -0.508 e. The number of carbonyl (C=O) groups excluding carboxylic acids is 3. The molecule has 0 aromatic heterocycles. The predicted molar refractivity (Wildman–Crippen MR) is 151 cm³/mol. The lowest BCUT2D eigenvalue weighted by molar-refractivity contribution is -0.147. The second-order valence-electron chi connectivity index (χ2n) is 11.8. The number of benzene rings is 2. The van der Waals surface area contributed by atoms with Gasteiger partial charge in [-0.1, -0.05) is 30.3 Å². The quantitative estimate of drug-likeness (QED) is 0.413. The Balaban J connectivity index is 2.06. The van der Waals surface area contributed by atoms with E-state index in [0.717, 1.165) is 41.5 Å². The van der Waals surface area contributed by atoms with E-state index >= 15 is 0 Å². The summed E-state index contributed by atoms with van der Waals surface area (Å²) in [5.41, 5.74) is 2.87. The Hall–Kier alpha value is -3.55. The molecule has 39 heavy (non-hydrogen) atoms. The molecule has 0 aliphatic heterocycles. The van der Waals surface area contributed by atoms with Gasteiger partial charge >= 0.3 is 6.09 Å². The van der Waals surface area contributed by atoms with Gasteiger partial charge in [0.05, 0.1) is 0 Å². The Morgan fingerprint density at radius 2 is 1.64 bits per heavy atom. The molecule has 2 aromatic carbocycles. The van der Waals surface area contributed by atoms with E-state index in [2.05, 4.69) is 10.6 Å². The zero-order valence-corrected chi connectivity index (χ0v) is 24.2. The van der Waals surface area contributed by atoms with E-state index < -0.39 is 23.8 Å². The number of hydrogen-bond acceptors (Lipinski definition) is 5. The first-order chi connectivity index (χ1) is 18.2. The van der Waals surface area contributed by atoms with Crippen molar-refractivity contribution in [3.05, 3.63) is 64.7 Å². The Labute approximate surface area is 232 Å². The first kappa shape index (κ1) is 30.0. The first-order valence-corrected chi connectivity index (χ1v) is 13.7. The number of aromatic hydroxyl groups is 1. The van der Waals surface area contributed by atoms with Crippen LogP contribution in [0.2, 0.25) is 0 Å². The minimum absolute atomic E-state index is 0.109. The van der Waals surface area contributed by atoms with Gasteiger partial charge in [0.1, 0.15) is 23.4 Å². The SMILES string of the molecule is Cc1ccc(C(C(=O)NC(C)C)N(C(=O)C(Cc2ccc(O)cc2)NC(=O)OC(C)(C)C)C2CCC2)cc1C. The molecule has 0 bridgehead atoms. The molecule has 0 heterocycles. The van der Waals surface area contributed by atoms with Crippen LogP contribution in [0.15, 0.2) is 42.5 Å². The molecular weight excluding hydrogens is 494 g/mol. The number of ether oxygens (including phenoxy) is 1. The summed E-state index contributed by atoms with van der Waals surface area (Å²) in [6, 6.07) is 10.3. The van der Waals surface area contributed by atoms with Crippen LogP contribution >= 0.6 is 0 Å². The number of rotatable bonds is 9. The van der Waals surface area contributed by atoms with Crippen LogP contribution in [0.1, 0.15) is 82.2 Å². The lowest BCUT2D eigenvalue weighted by Crippen LogP contribution is -2.58. The number of amides is 3. The maximum Gasteiger partial charge on any atom is 0.408 e. The molecule has 0 saturated heterocycles. The van der Waals surface area contributed by atoms with Crippen LogP contribution in [0, 0.1) is 13.8 Å². The van der Waals surface area contributed by atoms with Crippen molar-refractivity contribution in [2.24, 2.45) is 0 Å². The summed E-state index contributed by atoms with van der Waals surface area (Å²) in [7, 11) is 0.